The summed E-state index contributed by atoms with van der Waals surface area (Å²) in [4.78, 5) is -0.223. The quantitative estimate of drug-likeness (QED) is 0.0963. The molecule has 164 valence electrons. The van der Waals surface area contributed by atoms with Crippen molar-refractivity contribution in [2.75, 3.05) is 18.1 Å². The van der Waals surface area contributed by atoms with Crippen molar-refractivity contribution >= 4 is 49.3 Å². The maximum Gasteiger partial charge on any atom is 0.397 e. The minimum atomic E-state index is -4.78. The van der Waals surface area contributed by atoms with E-state index in [1.807, 2.05) is 0 Å². The van der Waals surface area contributed by atoms with E-state index < -0.39 is 32.6 Å². The van der Waals surface area contributed by atoms with Crippen LogP contribution in [0.25, 0.3) is 0 Å². The molecule has 0 bridgehead atoms. The Morgan fingerprint density at radius 3 is 2.33 bits per heavy atom. The minimum absolute atomic E-state index is 0.0412. The number of hydrogen-bond donors (Lipinski definition) is 4. The fraction of sp³-hybridized carbons (Fsp3) is 0.143. The van der Waals surface area contributed by atoms with Gasteiger partial charge in [-0.15, -0.1) is 14.6 Å². The van der Waals surface area contributed by atoms with Gasteiger partial charge < -0.3 is 10.8 Å². The van der Waals surface area contributed by atoms with E-state index in [1.165, 1.54) is 24.3 Å². The molecule has 0 spiro atoms. The van der Waals surface area contributed by atoms with Gasteiger partial charge in [-0.2, -0.15) is 8.42 Å². The Morgan fingerprint density at radius 2 is 1.70 bits per heavy atom. The molecule has 0 aliphatic heterocycles. The molecule has 0 saturated heterocycles. The molecule has 0 atom stereocenters. The second-order valence-corrected chi connectivity index (χ2v) is 9.32. The minimum Gasteiger partial charge on any atom is -0.506 e. The lowest BCUT2D eigenvalue weighted by atomic mass is 10.2. The number of anilines is 1. The van der Waals surface area contributed by atoms with Crippen molar-refractivity contribution in [3.63, 3.8) is 0 Å². The van der Waals surface area contributed by atoms with Crippen LogP contribution in [0.3, 0.4) is 0 Å². The van der Waals surface area contributed by atoms with Crippen LogP contribution in [0.15, 0.2) is 56.4 Å². The molecule has 0 amide bonds. The first-order chi connectivity index (χ1) is 14.0. The summed E-state index contributed by atoms with van der Waals surface area (Å²) in [5.41, 5.74) is 6.00. The van der Waals surface area contributed by atoms with E-state index in [-0.39, 0.29) is 26.9 Å². The molecule has 2 aromatic rings. The van der Waals surface area contributed by atoms with E-state index in [2.05, 4.69) is 23.8 Å². The fourth-order valence-corrected chi connectivity index (χ4v) is 4.05. The van der Waals surface area contributed by atoms with E-state index in [0.717, 1.165) is 12.1 Å². The van der Waals surface area contributed by atoms with E-state index in [1.54, 1.807) is 0 Å². The number of hydrogen-bond acceptors (Lipinski definition) is 13. The maximum absolute atomic E-state index is 12.3. The Labute approximate surface area is 175 Å². The van der Waals surface area contributed by atoms with Gasteiger partial charge in [-0.1, -0.05) is 5.04 Å². The number of benzene rings is 2. The summed E-state index contributed by atoms with van der Waals surface area (Å²) in [5, 5.41) is 29.4. The van der Waals surface area contributed by atoms with Crippen LogP contribution in [0.5, 0.6) is 5.75 Å². The standard InChI is InChI=1S/C14H15N3O10S3/c15-9-1-3-11(13(18)7-9)16-17-12-4-2-10(8-14(12)28-27-26-19)29(20,21)6-5-25-30(22,23)24/h1-4,7-8,18-19H,5-6,15H2,(H,22,23,24). The second-order valence-electron chi connectivity index (χ2n) is 5.37. The zero-order valence-corrected chi connectivity index (χ0v) is 17.2. The molecule has 16 heteroatoms. The highest BCUT2D eigenvalue weighted by Crippen LogP contribution is 2.35. The molecule has 0 unspecified atom stereocenters. The van der Waals surface area contributed by atoms with Crippen LogP contribution in [-0.4, -0.2) is 44.1 Å². The molecular weight excluding hydrogens is 466 g/mol. The van der Waals surface area contributed by atoms with Crippen LogP contribution < -0.4 is 5.73 Å². The molecule has 0 aliphatic rings. The Balaban J connectivity index is 2.30. The molecule has 0 saturated carbocycles. The van der Waals surface area contributed by atoms with Crippen molar-refractivity contribution < 1.29 is 45.3 Å². The van der Waals surface area contributed by atoms with Gasteiger partial charge in [0.25, 0.3) is 0 Å². The first-order valence-corrected chi connectivity index (χ1v) is 11.4. The van der Waals surface area contributed by atoms with Gasteiger partial charge in [-0.25, -0.2) is 17.9 Å². The van der Waals surface area contributed by atoms with Crippen molar-refractivity contribution in [1.29, 1.82) is 0 Å². The zero-order chi connectivity index (χ0) is 22.4. The van der Waals surface area contributed by atoms with Gasteiger partial charge in [0.05, 0.1) is 34.2 Å². The summed E-state index contributed by atoms with van der Waals surface area (Å²) in [5.74, 6) is -0.991. The van der Waals surface area contributed by atoms with Gasteiger partial charge in [0.2, 0.25) is 0 Å². The molecular formula is C14H15N3O10S3. The predicted molar refractivity (Wildman–Crippen MR) is 103 cm³/mol. The highest BCUT2D eigenvalue weighted by Gasteiger charge is 2.19. The molecule has 0 fully saturated rings. The van der Waals surface area contributed by atoms with Crippen molar-refractivity contribution in [2.45, 2.75) is 9.79 Å². The van der Waals surface area contributed by atoms with Crippen molar-refractivity contribution in [2.24, 2.45) is 10.2 Å². The van der Waals surface area contributed by atoms with Crippen LogP contribution in [-0.2, 0) is 33.8 Å². The smallest absolute Gasteiger partial charge is 0.397 e. The van der Waals surface area contributed by atoms with E-state index in [4.69, 9.17) is 15.5 Å². The van der Waals surface area contributed by atoms with E-state index in [9.17, 15) is 21.9 Å². The summed E-state index contributed by atoms with van der Waals surface area (Å²) >= 11 is 0.407. The SMILES string of the molecule is Nc1ccc(N=Nc2ccc(S(=O)(=O)CCOS(=O)(=O)O)cc2SOOO)c(O)c1. The van der Waals surface area contributed by atoms with Crippen LogP contribution >= 0.6 is 12.0 Å². The number of phenolic OH excluding ortho intramolecular Hbond substituents is 1. The zero-order valence-electron chi connectivity index (χ0n) is 14.8. The third-order valence-corrected chi connectivity index (χ3v) is 6.07. The van der Waals surface area contributed by atoms with Gasteiger partial charge in [0, 0.05) is 11.8 Å². The average Bonchev–Trinajstić information content (AvgIpc) is 2.64. The molecule has 0 heterocycles. The molecule has 5 N–H and O–H groups in total. The third kappa shape index (κ3) is 7.18. The first kappa shape index (κ1) is 24.0. The Morgan fingerprint density at radius 1 is 1.03 bits per heavy atom. The summed E-state index contributed by atoms with van der Waals surface area (Å²) in [6.07, 6.45) is 0. The Kier molecular flexibility index (Phi) is 8.10. The number of nitrogens with two attached hydrogens (primary N) is 1. The molecule has 0 aliphatic carbocycles. The summed E-state index contributed by atoms with van der Waals surface area (Å²) in [6.45, 7) is -0.808. The normalized spacial score (nSPS) is 12.5. The van der Waals surface area contributed by atoms with Crippen molar-refractivity contribution in [1.82, 2.24) is 0 Å². The predicted octanol–water partition coefficient (Wildman–Crippen LogP) is 2.41. The average molecular weight is 481 g/mol. The molecule has 2 aromatic carbocycles. The molecule has 13 nitrogen and oxygen atoms in total. The highest BCUT2D eigenvalue weighted by atomic mass is 32.3. The van der Waals surface area contributed by atoms with Crippen molar-refractivity contribution in [3.05, 3.63) is 36.4 Å². The number of rotatable bonds is 10. The summed E-state index contributed by atoms with van der Waals surface area (Å²) in [6, 6.07) is 7.65. The van der Waals surface area contributed by atoms with Gasteiger partial charge in [-0.3, -0.25) is 4.55 Å². The number of nitrogen functional groups attached to an aromatic ring is 1. The number of nitrogens with zero attached hydrogens (tertiary/aromatic N) is 2. The molecule has 2 rings (SSSR count). The molecule has 0 radical (unpaired) electrons. The van der Waals surface area contributed by atoms with Crippen molar-refractivity contribution in [3.8, 4) is 5.75 Å². The topological polar surface area (TPSA) is 207 Å². The maximum atomic E-state index is 12.3. The van der Waals surface area contributed by atoms with Crippen LogP contribution in [0, 0.1) is 0 Å². The number of aromatic hydroxyl groups is 1. The number of azo groups is 1. The monoisotopic (exact) mass is 481 g/mol. The Bertz CT molecular complexity index is 1140. The first-order valence-electron chi connectivity index (χ1n) is 7.65. The van der Waals surface area contributed by atoms with Crippen LogP contribution in [0.1, 0.15) is 0 Å². The summed E-state index contributed by atoms with van der Waals surface area (Å²) in [7, 11) is -8.81. The van der Waals surface area contributed by atoms with Crippen LogP contribution in [0.2, 0.25) is 0 Å². The second kappa shape index (κ2) is 10.1. The number of sulfone groups is 1. The Hall–Kier alpha value is -2.31. The van der Waals surface area contributed by atoms with Crippen LogP contribution in [0.4, 0.5) is 17.1 Å². The number of phenols is 1. The molecule has 0 aromatic heterocycles. The molecule has 30 heavy (non-hydrogen) atoms. The van der Waals surface area contributed by atoms with E-state index >= 15 is 0 Å². The largest absolute Gasteiger partial charge is 0.506 e. The van der Waals surface area contributed by atoms with E-state index in [0.29, 0.717) is 17.7 Å². The summed E-state index contributed by atoms with van der Waals surface area (Å²) < 4.78 is 62.6. The van der Waals surface area contributed by atoms with Gasteiger partial charge >= 0.3 is 10.4 Å². The van der Waals surface area contributed by atoms with Gasteiger partial charge in [-0.05, 0) is 30.3 Å². The van der Waals surface area contributed by atoms with Gasteiger partial charge in [0.1, 0.15) is 17.1 Å². The highest BCUT2D eigenvalue weighted by molar-refractivity contribution is 7.95. The third-order valence-electron chi connectivity index (χ3n) is 3.29. The lowest BCUT2D eigenvalue weighted by Crippen LogP contribution is -2.15. The fourth-order valence-electron chi connectivity index (χ4n) is 1.99. The lowest BCUT2D eigenvalue weighted by molar-refractivity contribution is -0.432. The van der Waals surface area contributed by atoms with Gasteiger partial charge in [0.15, 0.2) is 9.84 Å². The lowest BCUT2D eigenvalue weighted by Gasteiger charge is -2.08.